The number of carbonyl (C=O) groups is 1. The second kappa shape index (κ2) is 7.16. The van der Waals surface area contributed by atoms with Crippen molar-refractivity contribution >= 4 is 18.2 Å². The van der Waals surface area contributed by atoms with E-state index in [2.05, 4.69) is 9.97 Å². The van der Waals surface area contributed by atoms with Gasteiger partial charge < -0.3 is 29.7 Å². The van der Waals surface area contributed by atoms with Crippen LogP contribution < -0.4 is 25.5 Å². The van der Waals surface area contributed by atoms with Crippen molar-refractivity contribution < 1.29 is 23.7 Å². The van der Waals surface area contributed by atoms with Gasteiger partial charge >= 0.3 is 5.97 Å². The van der Waals surface area contributed by atoms with Crippen LogP contribution in [0.3, 0.4) is 0 Å². The number of methoxy groups -OCH3 is 3. The molecule has 1 atom stereocenters. The van der Waals surface area contributed by atoms with Gasteiger partial charge in [0.2, 0.25) is 11.8 Å². The van der Waals surface area contributed by atoms with Gasteiger partial charge in [-0.1, -0.05) is 6.07 Å². The number of esters is 1. The third-order valence-corrected chi connectivity index (χ3v) is 4.35. The van der Waals surface area contributed by atoms with Crippen LogP contribution in [0.15, 0.2) is 34.4 Å². The van der Waals surface area contributed by atoms with Crippen LogP contribution in [0.25, 0.3) is 0 Å². The number of nitrogens with one attached hydrogen (secondary N) is 2. The quantitative estimate of drug-likeness (QED) is 0.526. The molecule has 9 nitrogen and oxygen atoms in total. The van der Waals surface area contributed by atoms with E-state index in [1.165, 1.54) is 21.3 Å². The van der Waals surface area contributed by atoms with Crippen LogP contribution in [0.1, 0.15) is 17.0 Å². The summed E-state index contributed by atoms with van der Waals surface area (Å²) in [5, 5.41) is 0. The van der Waals surface area contributed by atoms with Gasteiger partial charge in [0, 0.05) is 0 Å². The van der Waals surface area contributed by atoms with E-state index < -0.39 is 17.4 Å². The van der Waals surface area contributed by atoms with E-state index in [1.54, 1.807) is 18.2 Å². The van der Waals surface area contributed by atoms with Gasteiger partial charge in [0.05, 0.1) is 32.8 Å². The van der Waals surface area contributed by atoms with Crippen LogP contribution in [0.5, 0.6) is 17.4 Å². The predicted molar refractivity (Wildman–Crippen MR) is 97.5 cm³/mol. The highest BCUT2D eigenvalue weighted by molar-refractivity contribution is 7.71. The standard InChI is InChI=1S/C17H17N3O6S/c1-23-8-5-4-7(6-9(8)24-2)10-11(16(22)25-3)13(18)26-15-12(10)14(21)19-17(27)20-15/h4-6,10H,18H2,1-3H3,(H2,19,20,21,27). The van der Waals surface area contributed by atoms with E-state index in [9.17, 15) is 9.59 Å². The zero-order valence-corrected chi connectivity index (χ0v) is 15.6. The van der Waals surface area contributed by atoms with Gasteiger partial charge in [0.15, 0.2) is 16.3 Å². The molecule has 0 saturated heterocycles. The Labute approximate surface area is 158 Å². The van der Waals surface area contributed by atoms with E-state index in [-0.39, 0.29) is 27.7 Å². The van der Waals surface area contributed by atoms with E-state index in [0.717, 1.165) is 0 Å². The highest BCUT2D eigenvalue weighted by atomic mass is 32.1. The number of hydrogen-bond acceptors (Lipinski definition) is 8. The molecule has 0 bridgehead atoms. The normalized spacial score (nSPS) is 15.6. The Hall–Kier alpha value is -3.27. The van der Waals surface area contributed by atoms with Gasteiger partial charge in [-0.2, -0.15) is 0 Å². The monoisotopic (exact) mass is 391 g/mol. The predicted octanol–water partition coefficient (Wildman–Crippen LogP) is 1.32. The molecule has 0 fully saturated rings. The fourth-order valence-corrected chi connectivity index (χ4v) is 3.15. The van der Waals surface area contributed by atoms with Crippen molar-refractivity contribution in [3.05, 3.63) is 55.9 Å². The molecule has 1 aromatic heterocycles. The largest absolute Gasteiger partial charge is 0.493 e. The smallest absolute Gasteiger partial charge is 0.340 e. The van der Waals surface area contributed by atoms with Crippen molar-refractivity contribution in [2.45, 2.75) is 5.92 Å². The van der Waals surface area contributed by atoms with Crippen LogP contribution in [0, 0.1) is 4.77 Å². The van der Waals surface area contributed by atoms with E-state index in [4.69, 9.17) is 36.9 Å². The first-order valence-corrected chi connectivity index (χ1v) is 8.16. The van der Waals surface area contributed by atoms with E-state index in [0.29, 0.717) is 17.1 Å². The molecule has 27 heavy (non-hydrogen) atoms. The average molecular weight is 391 g/mol. The molecular weight excluding hydrogens is 374 g/mol. The Kier molecular flexibility index (Phi) is 4.91. The van der Waals surface area contributed by atoms with Crippen molar-refractivity contribution in [2.75, 3.05) is 21.3 Å². The number of aromatic amines is 2. The Morgan fingerprint density at radius 3 is 2.52 bits per heavy atom. The van der Waals surface area contributed by atoms with E-state index in [1.807, 2.05) is 0 Å². The number of rotatable bonds is 4. The molecule has 4 N–H and O–H groups in total. The third-order valence-electron chi connectivity index (χ3n) is 4.14. The SMILES string of the molecule is COC(=O)C1=C(N)Oc2[nH]c(=S)[nH]c(=O)c2C1c1ccc(OC)c(OC)c1. The van der Waals surface area contributed by atoms with Crippen molar-refractivity contribution in [2.24, 2.45) is 5.73 Å². The minimum atomic E-state index is -0.864. The lowest BCUT2D eigenvalue weighted by Gasteiger charge is -2.27. The molecule has 0 saturated carbocycles. The molecule has 0 spiro atoms. The summed E-state index contributed by atoms with van der Waals surface area (Å²) in [7, 11) is 4.20. The summed E-state index contributed by atoms with van der Waals surface area (Å²) < 4.78 is 20.9. The highest BCUT2D eigenvalue weighted by Crippen LogP contribution is 2.42. The Morgan fingerprint density at radius 1 is 1.19 bits per heavy atom. The zero-order valence-electron chi connectivity index (χ0n) is 14.7. The fraction of sp³-hybridized carbons (Fsp3) is 0.235. The third kappa shape index (κ3) is 3.14. The zero-order chi connectivity index (χ0) is 19.7. The van der Waals surface area contributed by atoms with Gasteiger partial charge in [-0.25, -0.2) is 4.79 Å². The summed E-state index contributed by atoms with van der Waals surface area (Å²) in [6.07, 6.45) is 0. The molecule has 1 aliphatic heterocycles. The minimum absolute atomic E-state index is 0.00626. The first-order valence-electron chi connectivity index (χ1n) is 7.75. The summed E-state index contributed by atoms with van der Waals surface area (Å²) in [6, 6.07) is 5.00. The van der Waals surface area contributed by atoms with Crippen molar-refractivity contribution in [3.8, 4) is 17.4 Å². The highest BCUT2D eigenvalue weighted by Gasteiger charge is 2.38. The van der Waals surface area contributed by atoms with Crippen molar-refractivity contribution in [1.29, 1.82) is 0 Å². The minimum Gasteiger partial charge on any atom is -0.493 e. The maximum atomic E-state index is 12.6. The Balaban J connectivity index is 2.32. The second-order valence-electron chi connectivity index (χ2n) is 5.57. The van der Waals surface area contributed by atoms with Gasteiger partial charge in [-0.15, -0.1) is 0 Å². The molecule has 0 amide bonds. The summed E-state index contributed by atoms with van der Waals surface area (Å²) in [5.74, 6) is -0.798. The number of H-pyrrole nitrogens is 2. The van der Waals surface area contributed by atoms with Gasteiger partial charge in [-0.3, -0.25) is 9.78 Å². The molecule has 0 radical (unpaired) electrons. The van der Waals surface area contributed by atoms with Crippen LogP contribution in [0.2, 0.25) is 0 Å². The first kappa shape index (κ1) is 18.5. The van der Waals surface area contributed by atoms with Crippen LogP contribution >= 0.6 is 12.2 Å². The lowest BCUT2D eigenvalue weighted by Crippen LogP contribution is -2.32. The number of nitrogens with two attached hydrogens (primary N) is 1. The fourth-order valence-electron chi connectivity index (χ4n) is 2.96. The molecular formula is C17H17N3O6S. The maximum absolute atomic E-state index is 12.6. The molecule has 142 valence electrons. The number of hydrogen-bond donors (Lipinski definition) is 3. The lowest BCUT2D eigenvalue weighted by atomic mass is 9.84. The van der Waals surface area contributed by atoms with Crippen molar-refractivity contribution in [3.63, 3.8) is 0 Å². The lowest BCUT2D eigenvalue weighted by molar-refractivity contribution is -0.136. The molecule has 2 aromatic rings. The maximum Gasteiger partial charge on any atom is 0.340 e. The van der Waals surface area contributed by atoms with Gasteiger partial charge in [-0.05, 0) is 29.9 Å². The Bertz CT molecular complexity index is 1060. The van der Waals surface area contributed by atoms with Crippen LogP contribution in [-0.4, -0.2) is 37.3 Å². The van der Waals surface area contributed by atoms with Gasteiger partial charge in [0.1, 0.15) is 5.57 Å². The van der Waals surface area contributed by atoms with E-state index >= 15 is 0 Å². The summed E-state index contributed by atoms with van der Waals surface area (Å²) in [6.45, 7) is 0. The second-order valence-corrected chi connectivity index (χ2v) is 5.98. The van der Waals surface area contributed by atoms with Gasteiger partial charge in [0.25, 0.3) is 5.56 Å². The molecule has 0 aliphatic carbocycles. The molecule has 1 aliphatic rings. The molecule has 2 heterocycles. The molecule has 1 unspecified atom stereocenters. The summed E-state index contributed by atoms with van der Waals surface area (Å²) in [5.41, 5.74) is 6.14. The first-order chi connectivity index (χ1) is 12.9. The number of ether oxygens (including phenoxy) is 4. The molecule has 10 heteroatoms. The Morgan fingerprint density at radius 2 is 1.89 bits per heavy atom. The molecule has 3 rings (SSSR count). The summed E-state index contributed by atoms with van der Waals surface area (Å²) >= 11 is 4.98. The number of fused-ring (bicyclic) bond motifs is 1. The topological polar surface area (TPSA) is 129 Å². The average Bonchev–Trinajstić information content (AvgIpc) is 2.65. The number of carbonyl (C=O) groups excluding carboxylic acids is 1. The number of benzene rings is 1. The molecule has 1 aromatic carbocycles. The van der Waals surface area contributed by atoms with Crippen LogP contribution in [0.4, 0.5) is 0 Å². The van der Waals surface area contributed by atoms with Crippen LogP contribution in [-0.2, 0) is 9.53 Å². The summed E-state index contributed by atoms with van der Waals surface area (Å²) in [4.78, 5) is 30.2. The number of aromatic nitrogens is 2. The van der Waals surface area contributed by atoms with Crippen molar-refractivity contribution in [1.82, 2.24) is 9.97 Å².